The Hall–Kier alpha value is -2.53. The molecule has 0 spiro atoms. The highest BCUT2D eigenvalue weighted by Crippen LogP contribution is 2.32. The van der Waals surface area contributed by atoms with Crippen molar-refractivity contribution in [3.8, 4) is 0 Å². The zero-order valence-corrected chi connectivity index (χ0v) is 15.6. The molecule has 0 amide bonds. The molecule has 28 heavy (non-hydrogen) atoms. The molecule has 0 aromatic heterocycles. The smallest absolute Gasteiger partial charge is 0.369 e. The van der Waals surface area contributed by atoms with Crippen molar-refractivity contribution in [2.45, 2.75) is 12.6 Å². The van der Waals surface area contributed by atoms with Gasteiger partial charge in [0.25, 0.3) is 0 Å². The van der Waals surface area contributed by atoms with Crippen LogP contribution in [-0.2, 0) is 12.6 Å². The van der Waals surface area contributed by atoms with Gasteiger partial charge in [-0.25, -0.2) is 0 Å². The van der Waals surface area contributed by atoms with Gasteiger partial charge in [-0.15, -0.1) is 0 Å². The largest absolute Gasteiger partial charge is 0.416 e. The number of piperazine rings is 1. The standard InChI is InChI=1S/C23H23F3N2/c24-23(25,26)20-8-4-9-21(17-20)28-15-13-27(14-16-28)12-11-19-7-3-6-18-5-1-2-10-22(18)19/h1-10,17H,11-16H2. The summed E-state index contributed by atoms with van der Waals surface area (Å²) in [4.78, 5) is 4.44. The summed E-state index contributed by atoms with van der Waals surface area (Å²) in [5.41, 5.74) is 1.42. The third kappa shape index (κ3) is 4.14. The lowest BCUT2D eigenvalue weighted by Crippen LogP contribution is -2.47. The van der Waals surface area contributed by atoms with Crippen molar-refractivity contribution in [2.24, 2.45) is 0 Å². The predicted molar refractivity (Wildman–Crippen MR) is 108 cm³/mol. The fourth-order valence-electron chi connectivity index (χ4n) is 3.90. The highest BCUT2D eigenvalue weighted by atomic mass is 19.4. The van der Waals surface area contributed by atoms with Crippen LogP contribution < -0.4 is 4.90 Å². The molecule has 1 aliphatic heterocycles. The number of fused-ring (bicyclic) bond motifs is 1. The number of hydrogen-bond acceptors (Lipinski definition) is 2. The van der Waals surface area contributed by atoms with E-state index in [1.165, 1.54) is 28.5 Å². The van der Waals surface area contributed by atoms with Gasteiger partial charge in [-0.1, -0.05) is 48.5 Å². The van der Waals surface area contributed by atoms with Crippen molar-refractivity contribution >= 4 is 16.5 Å². The number of anilines is 1. The second-order valence-corrected chi connectivity index (χ2v) is 7.27. The molecule has 5 heteroatoms. The van der Waals surface area contributed by atoms with Crippen molar-refractivity contribution in [3.63, 3.8) is 0 Å². The van der Waals surface area contributed by atoms with Gasteiger partial charge in [-0.3, -0.25) is 4.90 Å². The van der Waals surface area contributed by atoms with E-state index in [2.05, 4.69) is 47.4 Å². The van der Waals surface area contributed by atoms with Gasteiger partial charge < -0.3 is 4.90 Å². The molecule has 0 atom stereocenters. The minimum atomic E-state index is -4.30. The summed E-state index contributed by atoms with van der Waals surface area (Å²) in [7, 11) is 0. The van der Waals surface area contributed by atoms with Gasteiger partial charge in [0.15, 0.2) is 0 Å². The van der Waals surface area contributed by atoms with Crippen LogP contribution in [0.15, 0.2) is 66.7 Å². The van der Waals surface area contributed by atoms with E-state index in [4.69, 9.17) is 0 Å². The van der Waals surface area contributed by atoms with Crippen LogP contribution in [0.3, 0.4) is 0 Å². The molecule has 2 nitrogen and oxygen atoms in total. The molecule has 1 fully saturated rings. The van der Waals surface area contributed by atoms with Crippen molar-refractivity contribution < 1.29 is 13.2 Å². The lowest BCUT2D eigenvalue weighted by atomic mass is 10.0. The van der Waals surface area contributed by atoms with Crippen LogP contribution in [0.4, 0.5) is 18.9 Å². The molecule has 1 heterocycles. The van der Waals surface area contributed by atoms with E-state index in [1.54, 1.807) is 6.07 Å². The van der Waals surface area contributed by atoms with E-state index >= 15 is 0 Å². The lowest BCUT2D eigenvalue weighted by molar-refractivity contribution is -0.137. The minimum absolute atomic E-state index is 0.580. The van der Waals surface area contributed by atoms with Crippen molar-refractivity contribution in [1.29, 1.82) is 0 Å². The molecule has 4 rings (SSSR count). The Morgan fingerprint density at radius 3 is 2.29 bits per heavy atom. The van der Waals surface area contributed by atoms with Gasteiger partial charge in [0, 0.05) is 38.4 Å². The summed E-state index contributed by atoms with van der Waals surface area (Å²) in [6.45, 7) is 4.18. The molecular weight excluding hydrogens is 361 g/mol. The van der Waals surface area contributed by atoms with E-state index in [-0.39, 0.29) is 0 Å². The molecule has 1 saturated heterocycles. The number of benzene rings is 3. The predicted octanol–water partition coefficient (Wildman–Crippen LogP) is 5.22. The zero-order chi connectivity index (χ0) is 19.6. The number of rotatable bonds is 4. The Morgan fingerprint density at radius 2 is 1.50 bits per heavy atom. The summed E-state index contributed by atoms with van der Waals surface area (Å²) in [5, 5.41) is 2.56. The van der Waals surface area contributed by atoms with Crippen LogP contribution in [0.25, 0.3) is 10.8 Å². The molecule has 0 unspecified atom stereocenters. The first-order valence-electron chi connectivity index (χ1n) is 9.62. The molecular formula is C23H23F3N2. The maximum absolute atomic E-state index is 12.9. The van der Waals surface area contributed by atoms with Gasteiger partial charge in [0.2, 0.25) is 0 Å². The fourth-order valence-corrected chi connectivity index (χ4v) is 3.90. The first-order valence-corrected chi connectivity index (χ1v) is 9.62. The maximum atomic E-state index is 12.9. The number of hydrogen-bond donors (Lipinski definition) is 0. The first kappa shape index (κ1) is 18.8. The Kier molecular flexibility index (Phi) is 5.27. The quantitative estimate of drug-likeness (QED) is 0.608. The molecule has 0 radical (unpaired) electrons. The maximum Gasteiger partial charge on any atom is 0.416 e. The van der Waals surface area contributed by atoms with Gasteiger partial charge >= 0.3 is 6.18 Å². The molecule has 146 valence electrons. The number of halogens is 3. The Morgan fingerprint density at radius 1 is 0.786 bits per heavy atom. The second-order valence-electron chi connectivity index (χ2n) is 7.27. The van der Waals surface area contributed by atoms with Gasteiger partial charge in [0.05, 0.1) is 5.56 Å². The van der Waals surface area contributed by atoms with Crippen molar-refractivity contribution in [2.75, 3.05) is 37.6 Å². The van der Waals surface area contributed by atoms with Crippen LogP contribution in [0, 0.1) is 0 Å². The highest BCUT2D eigenvalue weighted by Gasteiger charge is 2.31. The molecule has 3 aromatic carbocycles. The number of nitrogens with zero attached hydrogens (tertiary/aromatic N) is 2. The summed E-state index contributed by atoms with van der Waals surface area (Å²) in [6.07, 6.45) is -3.32. The normalized spacial score (nSPS) is 15.9. The third-order valence-corrected chi connectivity index (χ3v) is 5.49. The highest BCUT2D eigenvalue weighted by molar-refractivity contribution is 5.85. The van der Waals surface area contributed by atoms with Gasteiger partial charge in [-0.2, -0.15) is 13.2 Å². The minimum Gasteiger partial charge on any atom is -0.369 e. The number of alkyl halides is 3. The van der Waals surface area contributed by atoms with Crippen molar-refractivity contribution in [1.82, 2.24) is 4.90 Å². The summed E-state index contributed by atoms with van der Waals surface area (Å²) in [5.74, 6) is 0. The summed E-state index contributed by atoms with van der Waals surface area (Å²) >= 11 is 0. The van der Waals surface area contributed by atoms with Gasteiger partial charge in [0.1, 0.15) is 0 Å². The van der Waals surface area contributed by atoms with E-state index < -0.39 is 11.7 Å². The summed E-state index contributed by atoms with van der Waals surface area (Å²) < 4.78 is 38.8. The van der Waals surface area contributed by atoms with E-state index in [0.717, 1.165) is 45.2 Å². The molecule has 3 aromatic rings. The Labute approximate surface area is 163 Å². The molecule has 0 bridgehead atoms. The van der Waals surface area contributed by atoms with E-state index in [0.29, 0.717) is 5.69 Å². The lowest BCUT2D eigenvalue weighted by Gasteiger charge is -2.36. The first-order chi connectivity index (χ1) is 13.5. The van der Waals surface area contributed by atoms with E-state index in [1.807, 2.05) is 4.90 Å². The van der Waals surface area contributed by atoms with Crippen LogP contribution >= 0.6 is 0 Å². The Balaban J connectivity index is 1.36. The Bertz CT molecular complexity index is 938. The SMILES string of the molecule is FC(F)(F)c1cccc(N2CCN(CCc3cccc4ccccc34)CC2)c1. The molecule has 0 aliphatic carbocycles. The van der Waals surface area contributed by atoms with Crippen LogP contribution in [0.5, 0.6) is 0 Å². The third-order valence-electron chi connectivity index (χ3n) is 5.49. The van der Waals surface area contributed by atoms with Crippen molar-refractivity contribution in [3.05, 3.63) is 77.9 Å². The molecule has 0 N–H and O–H groups in total. The molecule has 1 aliphatic rings. The fraction of sp³-hybridized carbons (Fsp3) is 0.304. The van der Waals surface area contributed by atoms with Crippen LogP contribution in [0.2, 0.25) is 0 Å². The topological polar surface area (TPSA) is 6.48 Å². The average Bonchev–Trinajstić information content (AvgIpc) is 2.72. The van der Waals surface area contributed by atoms with Crippen LogP contribution in [-0.4, -0.2) is 37.6 Å². The van der Waals surface area contributed by atoms with Gasteiger partial charge in [-0.05, 0) is 41.0 Å². The summed E-state index contributed by atoms with van der Waals surface area (Å²) in [6, 6.07) is 20.5. The second kappa shape index (κ2) is 7.84. The molecule has 0 saturated carbocycles. The zero-order valence-electron chi connectivity index (χ0n) is 15.6. The average molecular weight is 384 g/mol. The van der Waals surface area contributed by atoms with E-state index in [9.17, 15) is 13.2 Å². The van der Waals surface area contributed by atoms with Crippen LogP contribution in [0.1, 0.15) is 11.1 Å². The monoisotopic (exact) mass is 384 g/mol.